The smallest absolute Gasteiger partial charge is 0.428 e. The number of amides is 2. The van der Waals surface area contributed by atoms with Crippen LogP contribution in [0.3, 0.4) is 0 Å². The van der Waals surface area contributed by atoms with E-state index in [1.165, 1.54) is 26.0 Å². The van der Waals surface area contributed by atoms with Gasteiger partial charge in [0.25, 0.3) is 0 Å². The van der Waals surface area contributed by atoms with Crippen molar-refractivity contribution in [3.8, 4) is 5.75 Å². The molecule has 2 aromatic carbocycles. The second-order valence-electron chi connectivity index (χ2n) is 9.93. The van der Waals surface area contributed by atoms with Crippen LogP contribution in [0.4, 0.5) is 39.9 Å². The molecule has 2 atom stereocenters. The van der Waals surface area contributed by atoms with Crippen LogP contribution in [-0.4, -0.2) is 35.8 Å². The fourth-order valence-corrected chi connectivity index (χ4v) is 4.34. The molecule has 14 heteroatoms. The molecule has 228 valence electrons. The monoisotopic (exact) mass is 623 g/mol. The fraction of sp³-hybridized carbons (Fsp3) is 0.357. The standard InChI is InChI=1S/C28H26ClF8N3O2/c1-15(2)23(27(33,34)35)39-25(41)40-26(22-9-8-19(29)14-38-22,13-17-6-4-16(3)5-7-17)18-10-20(30)12-21(11-18)42-28(36,37)24(31)32/h4-12,14-15,23-24H,13H2,1-3H3,(H2,39,40,41)/t23-,26-/m0/s1. The maximum atomic E-state index is 14.9. The van der Waals surface area contributed by atoms with Crippen molar-refractivity contribution in [3.05, 3.63) is 94.0 Å². The summed E-state index contributed by atoms with van der Waals surface area (Å²) in [5.74, 6) is -3.36. The van der Waals surface area contributed by atoms with Gasteiger partial charge in [0.1, 0.15) is 23.1 Å². The zero-order valence-corrected chi connectivity index (χ0v) is 23.1. The van der Waals surface area contributed by atoms with Crippen molar-refractivity contribution in [3.63, 3.8) is 0 Å². The molecule has 5 nitrogen and oxygen atoms in total. The molecule has 1 heterocycles. The molecule has 0 radical (unpaired) electrons. The Morgan fingerprint density at radius 2 is 1.64 bits per heavy atom. The average molecular weight is 624 g/mol. The zero-order valence-electron chi connectivity index (χ0n) is 22.4. The maximum Gasteiger partial charge on any atom is 0.461 e. The van der Waals surface area contributed by atoms with Crippen LogP contribution < -0.4 is 15.4 Å². The molecular weight excluding hydrogens is 598 g/mol. The molecule has 2 amide bonds. The van der Waals surface area contributed by atoms with Crippen LogP contribution in [-0.2, 0) is 12.0 Å². The van der Waals surface area contributed by atoms with E-state index in [0.717, 1.165) is 23.9 Å². The highest BCUT2D eigenvalue weighted by atomic mass is 35.5. The third kappa shape index (κ3) is 8.02. The number of aromatic nitrogens is 1. The molecule has 0 fully saturated rings. The molecule has 0 unspecified atom stereocenters. The number of hydrogen-bond donors (Lipinski definition) is 2. The van der Waals surface area contributed by atoms with Crippen LogP contribution in [0.25, 0.3) is 0 Å². The molecule has 3 aromatic rings. The predicted molar refractivity (Wildman–Crippen MR) is 139 cm³/mol. The molecule has 0 aliphatic rings. The number of carbonyl (C=O) groups excluding carboxylic acids is 1. The highest BCUT2D eigenvalue weighted by Crippen LogP contribution is 2.37. The van der Waals surface area contributed by atoms with Crippen molar-refractivity contribution < 1.29 is 44.7 Å². The van der Waals surface area contributed by atoms with Gasteiger partial charge in [-0.05, 0) is 48.2 Å². The summed E-state index contributed by atoms with van der Waals surface area (Å²) >= 11 is 5.98. The van der Waals surface area contributed by atoms with Gasteiger partial charge < -0.3 is 15.4 Å². The number of carbonyl (C=O) groups is 1. The minimum atomic E-state index is -5.01. The Labute approximate surface area is 241 Å². The molecule has 0 aliphatic carbocycles. The van der Waals surface area contributed by atoms with Gasteiger partial charge in [-0.3, -0.25) is 4.98 Å². The lowest BCUT2D eigenvalue weighted by Crippen LogP contribution is -2.58. The summed E-state index contributed by atoms with van der Waals surface area (Å²) < 4.78 is 113. The number of benzene rings is 2. The van der Waals surface area contributed by atoms with E-state index in [0.29, 0.717) is 11.6 Å². The van der Waals surface area contributed by atoms with E-state index >= 15 is 0 Å². The first-order valence-electron chi connectivity index (χ1n) is 12.4. The van der Waals surface area contributed by atoms with Gasteiger partial charge in [-0.15, -0.1) is 0 Å². The summed E-state index contributed by atoms with van der Waals surface area (Å²) in [4.78, 5) is 17.4. The first kappa shape index (κ1) is 32.9. The number of hydrogen-bond acceptors (Lipinski definition) is 3. The van der Waals surface area contributed by atoms with Crippen molar-refractivity contribution in [2.45, 2.75) is 57.5 Å². The Kier molecular flexibility index (Phi) is 9.96. The predicted octanol–water partition coefficient (Wildman–Crippen LogP) is 7.79. The van der Waals surface area contributed by atoms with Gasteiger partial charge in [-0.1, -0.05) is 55.3 Å². The molecule has 2 N–H and O–H groups in total. The van der Waals surface area contributed by atoms with Crippen molar-refractivity contribution in [1.29, 1.82) is 0 Å². The second-order valence-corrected chi connectivity index (χ2v) is 10.4. The van der Waals surface area contributed by atoms with Crippen molar-refractivity contribution in [1.82, 2.24) is 15.6 Å². The Hall–Kier alpha value is -3.61. The molecule has 0 bridgehead atoms. The summed E-state index contributed by atoms with van der Waals surface area (Å²) in [6, 6.07) is 7.57. The van der Waals surface area contributed by atoms with Crippen LogP contribution in [0.1, 0.15) is 36.2 Å². The molecule has 0 saturated carbocycles. The number of nitrogens with one attached hydrogen (secondary N) is 2. The second kappa shape index (κ2) is 12.7. The molecule has 1 aromatic heterocycles. The number of halogens is 9. The number of rotatable bonds is 10. The van der Waals surface area contributed by atoms with Crippen LogP contribution >= 0.6 is 11.6 Å². The van der Waals surface area contributed by atoms with E-state index in [2.05, 4.69) is 15.0 Å². The summed E-state index contributed by atoms with van der Waals surface area (Å²) in [7, 11) is 0. The zero-order chi connectivity index (χ0) is 31.5. The average Bonchev–Trinajstić information content (AvgIpc) is 2.87. The SMILES string of the molecule is Cc1ccc(C[C@](NC(=O)N[C@@H](C(C)C)C(F)(F)F)(c2cc(F)cc(OC(F)(F)C(F)F)c2)c2ccc(Cl)cn2)cc1. The Morgan fingerprint density at radius 3 is 2.17 bits per heavy atom. The van der Waals surface area contributed by atoms with Gasteiger partial charge >= 0.3 is 24.7 Å². The van der Waals surface area contributed by atoms with Crippen LogP contribution in [0.2, 0.25) is 5.02 Å². The lowest BCUT2D eigenvalue weighted by atomic mass is 9.80. The van der Waals surface area contributed by atoms with E-state index < -0.39 is 53.8 Å². The molecule has 0 aliphatic heterocycles. The number of aryl methyl sites for hydroxylation is 1. The van der Waals surface area contributed by atoms with Gasteiger partial charge in [0, 0.05) is 18.7 Å². The number of nitrogens with zero attached hydrogens (tertiary/aromatic N) is 1. The largest absolute Gasteiger partial charge is 0.461 e. The first-order chi connectivity index (χ1) is 19.4. The summed E-state index contributed by atoms with van der Waals surface area (Å²) in [5, 5.41) is 4.43. The summed E-state index contributed by atoms with van der Waals surface area (Å²) in [6.07, 6.45) is -13.3. The van der Waals surface area contributed by atoms with Gasteiger partial charge in [-0.25, -0.2) is 9.18 Å². The minimum absolute atomic E-state index is 0.0899. The number of alkyl halides is 7. The number of urea groups is 1. The Balaban J connectivity index is 2.26. The highest BCUT2D eigenvalue weighted by molar-refractivity contribution is 6.30. The molecule has 0 saturated heterocycles. The van der Waals surface area contributed by atoms with E-state index in [9.17, 15) is 39.9 Å². The van der Waals surface area contributed by atoms with Crippen molar-refractivity contribution >= 4 is 17.6 Å². The van der Waals surface area contributed by atoms with Crippen LogP contribution in [0.5, 0.6) is 5.75 Å². The Bertz CT molecular complexity index is 1370. The van der Waals surface area contributed by atoms with Gasteiger partial charge in [-0.2, -0.15) is 30.7 Å². The van der Waals surface area contributed by atoms with Crippen molar-refractivity contribution in [2.24, 2.45) is 5.92 Å². The normalized spacial score (nSPS) is 14.4. The summed E-state index contributed by atoms with van der Waals surface area (Å²) in [6.45, 7) is 4.25. The van der Waals surface area contributed by atoms with Crippen LogP contribution in [0.15, 0.2) is 60.8 Å². The Morgan fingerprint density at radius 1 is 1.00 bits per heavy atom. The van der Waals surface area contributed by atoms with Gasteiger partial charge in [0.2, 0.25) is 0 Å². The first-order valence-corrected chi connectivity index (χ1v) is 12.8. The van der Waals surface area contributed by atoms with Crippen molar-refractivity contribution in [2.75, 3.05) is 0 Å². The molecule has 0 spiro atoms. The molecular formula is C28H26ClF8N3O2. The van der Waals surface area contributed by atoms with E-state index in [4.69, 9.17) is 11.6 Å². The lowest BCUT2D eigenvalue weighted by molar-refractivity contribution is -0.253. The quantitative estimate of drug-likeness (QED) is 0.227. The van der Waals surface area contributed by atoms with Crippen LogP contribution in [0, 0.1) is 18.7 Å². The topological polar surface area (TPSA) is 63.2 Å². The molecule has 42 heavy (non-hydrogen) atoms. The molecule has 3 rings (SSSR count). The van der Waals surface area contributed by atoms with E-state index in [1.807, 2.05) is 5.32 Å². The minimum Gasteiger partial charge on any atom is -0.428 e. The third-order valence-corrected chi connectivity index (χ3v) is 6.48. The fourth-order valence-electron chi connectivity index (χ4n) is 4.23. The lowest BCUT2D eigenvalue weighted by Gasteiger charge is -2.37. The number of pyridine rings is 1. The van der Waals surface area contributed by atoms with E-state index in [1.54, 1.807) is 31.2 Å². The van der Waals surface area contributed by atoms with Gasteiger partial charge in [0.15, 0.2) is 0 Å². The highest BCUT2D eigenvalue weighted by Gasteiger charge is 2.46. The van der Waals surface area contributed by atoms with Gasteiger partial charge in [0.05, 0.1) is 10.7 Å². The number of ether oxygens (including phenoxy) is 1. The maximum absolute atomic E-state index is 14.9. The summed E-state index contributed by atoms with van der Waals surface area (Å²) in [5.41, 5.74) is -1.20. The third-order valence-electron chi connectivity index (χ3n) is 6.26. The van der Waals surface area contributed by atoms with E-state index in [-0.39, 0.29) is 22.7 Å².